The third-order valence-corrected chi connectivity index (χ3v) is 11.0. The van der Waals surface area contributed by atoms with Crippen molar-refractivity contribution < 1.29 is 28.6 Å². The lowest BCUT2D eigenvalue weighted by atomic mass is 10.1. The van der Waals surface area contributed by atoms with E-state index in [2.05, 4.69) is 179 Å². The minimum atomic E-state index is -0.835. The number of carbonyl (C=O) groups is 3. The number of rotatable bonds is 48. The first-order valence-electron chi connectivity index (χ1n) is 28.0. The van der Waals surface area contributed by atoms with Crippen LogP contribution in [0.5, 0.6) is 0 Å². The molecule has 0 aromatic rings. The summed E-state index contributed by atoms with van der Waals surface area (Å²) in [6, 6.07) is 0. The molecule has 0 saturated heterocycles. The van der Waals surface area contributed by atoms with E-state index in [0.29, 0.717) is 19.3 Å². The molecule has 0 aliphatic rings. The first kappa shape index (κ1) is 66.0. The summed E-state index contributed by atoms with van der Waals surface area (Å²) in [5.74, 6) is -1.04. The van der Waals surface area contributed by atoms with E-state index in [1.54, 1.807) is 0 Å². The largest absolute Gasteiger partial charge is 0.462 e. The van der Waals surface area contributed by atoms with Crippen LogP contribution in [0.25, 0.3) is 0 Å². The van der Waals surface area contributed by atoms with Gasteiger partial charge in [-0.15, -0.1) is 0 Å². The molecule has 71 heavy (non-hydrogen) atoms. The van der Waals surface area contributed by atoms with Gasteiger partial charge in [-0.3, -0.25) is 14.4 Å². The lowest BCUT2D eigenvalue weighted by Gasteiger charge is -2.18. The molecule has 0 spiro atoms. The van der Waals surface area contributed by atoms with Crippen LogP contribution in [-0.4, -0.2) is 37.2 Å². The Bertz CT molecular complexity index is 1640. The van der Waals surface area contributed by atoms with Crippen LogP contribution in [0.3, 0.4) is 0 Å². The number of hydrogen-bond acceptors (Lipinski definition) is 6. The summed E-state index contributed by atoms with van der Waals surface area (Å²) in [7, 11) is 0. The second-order valence-electron chi connectivity index (χ2n) is 17.7. The van der Waals surface area contributed by atoms with Crippen molar-refractivity contribution in [2.24, 2.45) is 0 Å². The monoisotopic (exact) mass is 977 g/mol. The predicted octanol–water partition coefficient (Wildman–Crippen LogP) is 19.0. The van der Waals surface area contributed by atoms with Crippen LogP contribution in [0.15, 0.2) is 158 Å². The van der Waals surface area contributed by atoms with Gasteiger partial charge in [-0.05, 0) is 135 Å². The van der Waals surface area contributed by atoms with Gasteiger partial charge in [0.2, 0.25) is 0 Å². The van der Waals surface area contributed by atoms with Crippen molar-refractivity contribution in [2.75, 3.05) is 13.2 Å². The molecule has 396 valence electrons. The maximum absolute atomic E-state index is 12.8. The normalized spacial score (nSPS) is 13.3. The van der Waals surface area contributed by atoms with Crippen molar-refractivity contribution in [3.05, 3.63) is 158 Å². The smallest absolute Gasteiger partial charge is 0.306 e. The van der Waals surface area contributed by atoms with Crippen molar-refractivity contribution in [1.82, 2.24) is 0 Å². The molecule has 0 saturated carbocycles. The third-order valence-electron chi connectivity index (χ3n) is 11.0. The highest BCUT2D eigenvalue weighted by molar-refractivity contribution is 5.71. The number of hydrogen-bond donors (Lipinski definition) is 0. The lowest BCUT2D eigenvalue weighted by molar-refractivity contribution is -0.167. The first-order chi connectivity index (χ1) is 35.0. The number of unbranched alkanes of at least 4 members (excludes halogenated alkanes) is 11. The molecule has 0 amide bonds. The van der Waals surface area contributed by atoms with Crippen molar-refractivity contribution in [3.63, 3.8) is 0 Å². The molecule has 0 aliphatic heterocycles. The average molecular weight is 978 g/mol. The fourth-order valence-electron chi connectivity index (χ4n) is 6.93. The number of ether oxygens (including phenoxy) is 3. The molecule has 0 heterocycles. The van der Waals surface area contributed by atoms with Crippen LogP contribution in [0, 0.1) is 0 Å². The topological polar surface area (TPSA) is 78.9 Å². The Morgan fingerprint density at radius 1 is 0.282 bits per heavy atom. The van der Waals surface area contributed by atoms with Crippen LogP contribution >= 0.6 is 0 Å². The minimum absolute atomic E-state index is 0.124. The zero-order valence-corrected chi connectivity index (χ0v) is 45.2. The van der Waals surface area contributed by atoms with Gasteiger partial charge >= 0.3 is 17.9 Å². The minimum Gasteiger partial charge on any atom is -0.462 e. The highest BCUT2D eigenvalue weighted by Gasteiger charge is 2.19. The second-order valence-corrected chi connectivity index (χ2v) is 17.7. The van der Waals surface area contributed by atoms with Gasteiger partial charge in [0.25, 0.3) is 0 Å². The summed E-state index contributed by atoms with van der Waals surface area (Å²) in [5, 5.41) is 0. The zero-order chi connectivity index (χ0) is 51.4. The summed E-state index contributed by atoms with van der Waals surface area (Å²) in [5.41, 5.74) is 0. The van der Waals surface area contributed by atoms with Crippen molar-refractivity contribution in [1.29, 1.82) is 0 Å². The van der Waals surface area contributed by atoms with Gasteiger partial charge in [0.05, 0.1) is 0 Å². The SMILES string of the molecule is CC/C=C\C/C=C\C/C=C\C/C=C\C/C=C\CCCCCC(=O)OCC(COC(=O)CCCCCCCCC/C=C\C/C=C\C/C=C\CC)OC(=O)CCC/C=C\C/C=C\C/C=C\C/C=C\C/C=C\CC. The molecule has 0 bridgehead atoms. The van der Waals surface area contributed by atoms with Crippen molar-refractivity contribution >= 4 is 17.9 Å². The molecular weight excluding hydrogens is 877 g/mol. The number of esters is 3. The molecule has 6 nitrogen and oxygen atoms in total. The molecule has 1 atom stereocenters. The van der Waals surface area contributed by atoms with E-state index in [9.17, 15) is 14.4 Å². The van der Waals surface area contributed by atoms with Crippen molar-refractivity contribution in [3.8, 4) is 0 Å². The Labute approximate surface area is 435 Å². The molecule has 0 fully saturated rings. The zero-order valence-electron chi connectivity index (χ0n) is 45.2. The summed E-state index contributed by atoms with van der Waals surface area (Å²) in [6.07, 6.45) is 83.8. The Hall–Kier alpha value is -4.97. The van der Waals surface area contributed by atoms with Gasteiger partial charge in [0.15, 0.2) is 6.10 Å². The molecular formula is C65H100O6. The number of carbonyl (C=O) groups excluding carboxylic acids is 3. The van der Waals surface area contributed by atoms with E-state index < -0.39 is 6.10 Å². The predicted molar refractivity (Wildman–Crippen MR) is 306 cm³/mol. The summed E-state index contributed by atoms with van der Waals surface area (Å²) in [4.78, 5) is 38.1. The fourth-order valence-corrected chi connectivity index (χ4v) is 6.93. The average Bonchev–Trinajstić information content (AvgIpc) is 3.37. The lowest BCUT2D eigenvalue weighted by Crippen LogP contribution is -2.30. The summed E-state index contributed by atoms with van der Waals surface area (Å²) < 4.78 is 16.8. The molecule has 0 aromatic carbocycles. The Morgan fingerprint density at radius 2 is 0.521 bits per heavy atom. The quantitative estimate of drug-likeness (QED) is 0.0262. The Balaban J connectivity index is 4.59. The van der Waals surface area contributed by atoms with Gasteiger partial charge < -0.3 is 14.2 Å². The Morgan fingerprint density at radius 3 is 0.845 bits per heavy atom. The van der Waals surface area contributed by atoms with Gasteiger partial charge in [0.1, 0.15) is 13.2 Å². The van der Waals surface area contributed by atoms with Gasteiger partial charge in [-0.25, -0.2) is 0 Å². The van der Waals surface area contributed by atoms with E-state index in [1.165, 1.54) is 25.7 Å². The highest BCUT2D eigenvalue weighted by atomic mass is 16.6. The molecule has 0 aliphatic carbocycles. The maximum atomic E-state index is 12.8. The standard InChI is InChI=1S/C65H100O6/c1-4-7-10-13-16-19-22-25-28-31-32-35-37-40-43-46-49-52-55-58-64(67)70-61-62(71-65(68)59-56-53-50-47-44-41-38-34-30-27-24-21-18-15-12-9-6-3)60-69-63(66)57-54-51-48-45-42-39-36-33-29-26-23-20-17-14-11-8-5-2/h7-12,16-21,25-30,32,35,38,40-41,43,47,50,62H,4-6,13-15,22-24,31,33-34,36-37,39,42,44-46,48-49,51-61H2,1-3H3/b10-7-,11-8-,12-9-,19-16-,20-17-,21-18-,28-25-,29-26-,30-27-,35-32-,41-38-,43-40-,50-47-. The molecule has 1 unspecified atom stereocenters. The van der Waals surface area contributed by atoms with Gasteiger partial charge in [-0.2, -0.15) is 0 Å². The van der Waals surface area contributed by atoms with Crippen LogP contribution in [0.1, 0.15) is 213 Å². The van der Waals surface area contributed by atoms with Crippen LogP contribution in [0.2, 0.25) is 0 Å². The van der Waals surface area contributed by atoms with E-state index in [-0.39, 0.29) is 37.5 Å². The van der Waals surface area contributed by atoms with Gasteiger partial charge in [-0.1, -0.05) is 217 Å². The van der Waals surface area contributed by atoms with Gasteiger partial charge in [0, 0.05) is 19.3 Å². The maximum Gasteiger partial charge on any atom is 0.306 e. The first-order valence-corrected chi connectivity index (χ1v) is 28.0. The van der Waals surface area contributed by atoms with Crippen LogP contribution < -0.4 is 0 Å². The van der Waals surface area contributed by atoms with Crippen LogP contribution in [0.4, 0.5) is 0 Å². The third kappa shape index (κ3) is 55.8. The molecule has 0 aromatic heterocycles. The Kier molecular flexibility index (Phi) is 53.6. The molecule has 6 heteroatoms. The van der Waals surface area contributed by atoms with Crippen LogP contribution in [-0.2, 0) is 28.6 Å². The van der Waals surface area contributed by atoms with Crippen molar-refractivity contribution in [2.45, 2.75) is 219 Å². The summed E-state index contributed by atoms with van der Waals surface area (Å²) in [6.45, 7) is 6.20. The van der Waals surface area contributed by atoms with E-state index in [0.717, 1.165) is 141 Å². The molecule has 0 rings (SSSR count). The van der Waals surface area contributed by atoms with E-state index >= 15 is 0 Å². The summed E-state index contributed by atoms with van der Waals surface area (Å²) >= 11 is 0. The number of allylic oxidation sites excluding steroid dienone is 26. The highest BCUT2D eigenvalue weighted by Crippen LogP contribution is 2.12. The van der Waals surface area contributed by atoms with E-state index in [4.69, 9.17) is 14.2 Å². The second kappa shape index (κ2) is 57.6. The molecule has 0 N–H and O–H groups in total. The molecule has 0 radical (unpaired) electrons. The van der Waals surface area contributed by atoms with E-state index in [1.807, 2.05) is 0 Å². The fraction of sp³-hybridized carbons (Fsp3) is 0.554.